The number of phenols is 1. The minimum Gasteiger partial charge on any atom is -0.506 e. The Morgan fingerprint density at radius 3 is 2.45 bits per heavy atom. The van der Waals surface area contributed by atoms with Crippen molar-refractivity contribution >= 4 is 5.69 Å². The Bertz CT molecular complexity index is 260. The molecule has 0 radical (unpaired) electrons. The summed E-state index contributed by atoms with van der Waals surface area (Å²) in [5, 5.41) is 9.18. The summed E-state index contributed by atoms with van der Waals surface area (Å²) in [5.74, 6) is -0.455. The summed E-state index contributed by atoms with van der Waals surface area (Å²) in [6, 6.07) is 3.94. The molecule has 3 heteroatoms. The first kappa shape index (κ1) is 7.85. The number of halogens is 1. The predicted molar refractivity (Wildman–Crippen MR) is 42.4 cm³/mol. The molecular weight excluding hydrogens is 145 g/mol. The van der Waals surface area contributed by atoms with Crippen LogP contribution in [0.15, 0.2) is 18.2 Å². The van der Waals surface area contributed by atoms with Gasteiger partial charge in [-0.15, -0.1) is 0 Å². The van der Waals surface area contributed by atoms with Crippen molar-refractivity contribution in [2.45, 2.75) is 0 Å². The van der Waals surface area contributed by atoms with E-state index >= 15 is 0 Å². The van der Waals surface area contributed by atoms with Crippen LogP contribution in [0.3, 0.4) is 0 Å². The number of aromatic hydroxyl groups is 1. The molecule has 1 aromatic carbocycles. The molecule has 0 aliphatic rings. The summed E-state index contributed by atoms with van der Waals surface area (Å²) in [6.45, 7) is 0. The third kappa shape index (κ3) is 1.61. The van der Waals surface area contributed by atoms with E-state index < -0.39 is 5.82 Å². The molecule has 0 aromatic heterocycles. The van der Waals surface area contributed by atoms with E-state index in [2.05, 4.69) is 0 Å². The molecule has 0 aliphatic heterocycles. The summed E-state index contributed by atoms with van der Waals surface area (Å²) < 4.78 is 12.4. The van der Waals surface area contributed by atoms with Crippen molar-refractivity contribution in [2.75, 3.05) is 19.0 Å². The number of hydrogen-bond acceptors (Lipinski definition) is 2. The van der Waals surface area contributed by atoms with Gasteiger partial charge in [0.2, 0.25) is 0 Å². The minimum atomic E-state index is -0.423. The maximum atomic E-state index is 12.4. The number of benzene rings is 1. The Morgan fingerprint density at radius 2 is 2.00 bits per heavy atom. The van der Waals surface area contributed by atoms with Crippen molar-refractivity contribution in [1.29, 1.82) is 0 Å². The van der Waals surface area contributed by atoms with Crippen molar-refractivity contribution in [2.24, 2.45) is 0 Å². The highest BCUT2D eigenvalue weighted by molar-refractivity contribution is 5.56. The number of hydrogen-bond donors (Lipinski definition) is 1. The fraction of sp³-hybridized carbons (Fsp3) is 0.250. The molecular formula is C8H10FNO. The van der Waals surface area contributed by atoms with Gasteiger partial charge in [0.1, 0.15) is 11.6 Å². The molecule has 0 heterocycles. The molecule has 0 saturated carbocycles. The maximum Gasteiger partial charge on any atom is 0.141 e. The van der Waals surface area contributed by atoms with Crippen LogP contribution in [0.2, 0.25) is 0 Å². The summed E-state index contributed by atoms with van der Waals surface area (Å²) in [5.41, 5.74) is 0.617. The van der Waals surface area contributed by atoms with Crippen molar-refractivity contribution in [1.82, 2.24) is 0 Å². The zero-order valence-corrected chi connectivity index (χ0v) is 6.50. The van der Waals surface area contributed by atoms with Crippen molar-refractivity contribution in [3.63, 3.8) is 0 Å². The van der Waals surface area contributed by atoms with Gasteiger partial charge in [0.25, 0.3) is 0 Å². The van der Waals surface area contributed by atoms with E-state index in [-0.39, 0.29) is 5.75 Å². The normalized spacial score (nSPS) is 9.73. The van der Waals surface area contributed by atoms with E-state index in [1.807, 2.05) is 0 Å². The Labute approximate surface area is 64.9 Å². The monoisotopic (exact) mass is 155 g/mol. The molecule has 0 atom stereocenters. The SMILES string of the molecule is CN(C)c1ccc(F)cc1O. The highest BCUT2D eigenvalue weighted by atomic mass is 19.1. The highest BCUT2D eigenvalue weighted by Crippen LogP contribution is 2.25. The van der Waals surface area contributed by atoms with Gasteiger partial charge in [0.15, 0.2) is 0 Å². The van der Waals surface area contributed by atoms with Crippen LogP contribution in [-0.4, -0.2) is 19.2 Å². The summed E-state index contributed by atoms with van der Waals surface area (Å²) >= 11 is 0. The zero-order valence-electron chi connectivity index (χ0n) is 6.50. The van der Waals surface area contributed by atoms with Gasteiger partial charge in [-0.1, -0.05) is 0 Å². The van der Waals surface area contributed by atoms with E-state index in [1.165, 1.54) is 12.1 Å². The standard InChI is InChI=1S/C8H10FNO/c1-10(2)7-4-3-6(9)5-8(7)11/h3-5,11H,1-2H3. The number of nitrogens with zero attached hydrogens (tertiary/aromatic N) is 1. The van der Waals surface area contributed by atoms with Gasteiger partial charge in [-0.05, 0) is 12.1 Å². The van der Waals surface area contributed by atoms with Crippen LogP contribution < -0.4 is 4.90 Å². The van der Waals surface area contributed by atoms with Gasteiger partial charge in [-0.25, -0.2) is 4.39 Å². The molecule has 0 aliphatic carbocycles. The third-order valence-electron chi connectivity index (χ3n) is 1.42. The van der Waals surface area contributed by atoms with Crippen LogP contribution in [0.25, 0.3) is 0 Å². The van der Waals surface area contributed by atoms with Gasteiger partial charge in [0.05, 0.1) is 5.69 Å². The molecule has 0 spiro atoms. The van der Waals surface area contributed by atoms with Crippen LogP contribution in [0.5, 0.6) is 5.75 Å². The lowest BCUT2D eigenvalue weighted by atomic mass is 10.3. The van der Waals surface area contributed by atoms with Crippen LogP contribution in [0.1, 0.15) is 0 Å². The second kappa shape index (κ2) is 2.78. The Kier molecular flexibility index (Phi) is 1.98. The fourth-order valence-electron chi connectivity index (χ4n) is 0.875. The van der Waals surface area contributed by atoms with Crippen LogP contribution in [0.4, 0.5) is 10.1 Å². The first-order valence-electron chi connectivity index (χ1n) is 3.27. The lowest BCUT2D eigenvalue weighted by Gasteiger charge is -2.13. The fourth-order valence-corrected chi connectivity index (χ4v) is 0.875. The van der Waals surface area contributed by atoms with E-state index in [4.69, 9.17) is 0 Å². The molecule has 1 rings (SSSR count). The van der Waals surface area contributed by atoms with E-state index in [1.54, 1.807) is 19.0 Å². The van der Waals surface area contributed by atoms with Crippen molar-refractivity contribution in [3.05, 3.63) is 24.0 Å². The van der Waals surface area contributed by atoms with Gasteiger partial charge >= 0.3 is 0 Å². The first-order chi connectivity index (χ1) is 5.11. The molecule has 1 aromatic rings. The van der Waals surface area contributed by atoms with Crippen molar-refractivity contribution in [3.8, 4) is 5.75 Å². The van der Waals surface area contributed by atoms with Crippen LogP contribution in [0, 0.1) is 5.82 Å². The van der Waals surface area contributed by atoms with E-state index in [9.17, 15) is 9.50 Å². The van der Waals surface area contributed by atoms with Gasteiger partial charge in [0, 0.05) is 20.2 Å². The molecule has 0 unspecified atom stereocenters. The second-order valence-electron chi connectivity index (χ2n) is 2.53. The number of anilines is 1. The summed E-state index contributed by atoms with van der Waals surface area (Å²) in [6.07, 6.45) is 0. The zero-order chi connectivity index (χ0) is 8.43. The lowest BCUT2D eigenvalue weighted by Crippen LogP contribution is -2.08. The Balaban J connectivity index is 3.09. The first-order valence-corrected chi connectivity index (χ1v) is 3.27. The molecule has 0 bridgehead atoms. The topological polar surface area (TPSA) is 23.5 Å². The molecule has 2 nitrogen and oxygen atoms in total. The molecule has 60 valence electrons. The van der Waals surface area contributed by atoms with Gasteiger partial charge < -0.3 is 10.0 Å². The highest BCUT2D eigenvalue weighted by Gasteiger charge is 2.02. The van der Waals surface area contributed by atoms with E-state index in [0.29, 0.717) is 5.69 Å². The maximum absolute atomic E-state index is 12.4. The number of phenolic OH excluding ortho intramolecular Hbond substituents is 1. The smallest absolute Gasteiger partial charge is 0.141 e. The summed E-state index contributed by atoms with van der Waals surface area (Å²) in [7, 11) is 3.57. The predicted octanol–water partition coefficient (Wildman–Crippen LogP) is 1.60. The molecule has 1 N–H and O–H groups in total. The Hall–Kier alpha value is -1.25. The molecule has 0 fully saturated rings. The third-order valence-corrected chi connectivity index (χ3v) is 1.42. The second-order valence-corrected chi connectivity index (χ2v) is 2.53. The van der Waals surface area contributed by atoms with Crippen molar-refractivity contribution < 1.29 is 9.50 Å². The average Bonchev–Trinajstić information content (AvgIpc) is 1.85. The largest absolute Gasteiger partial charge is 0.506 e. The summed E-state index contributed by atoms with van der Waals surface area (Å²) in [4.78, 5) is 1.72. The van der Waals surface area contributed by atoms with Crippen LogP contribution in [-0.2, 0) is 0 Å². The lowest BCUT2D eigenvalue weighted by molar-refractivity contribution is 0.469. The van der Waals surface area contributed by atoms with Gasteiger partial charge in [-0.3, -0.25) is 0 Å². The Morgan fingerprint density at radius 1 is 1.36 bits per heavy atom. The molecule has 0 saturated heterocycles. The molecule has 0 amide bonds. The number of rotatable bonds is 1. The van der Waals surface area contributed by atoms with Gasteiger partial charge in [-0.2, -0.15) is 0 Å². The average molecular weight is 155 g/mol. The quantitative estimate of drug-likeness (QED) is 0.665. The molecule has 11 heavy (non-hydrogen) atoms. The minimum absolute atomic E-state index is 0.0324. The van der Waals surface area contributed by atoms with Crippen LogP contribution >= 0.6 is 0 Å². The van der Waals surface area contributed by atoms with E-state index in [0.717, 1.165) is 6.07 Å².